The number of rotatable bonds is 3. The molecule has 0 aromatic heterocycles. The lowest BCUT2D eigenvalue weighted by atomic mass is 9.90. The lowest BCUT2D eigenvalue weighted by Crippen LogP contribution is -2.32. The smallest absolute Gasteiger partial charge is 0.391 e. The number of hydrogen-bond donors (Lipinski definition) is 2. The number of aliphatic hydroxyl groups excluding tert-OH is 1. The normalized spacial score (nSPS) is 19.1. The van der Waals surface area contributed by atoms with Gasteiger partial charge in [-0.05, 0) is 42.5 Å². The molecule has 21 heavy (non-hydrogen) atoms. The number of nitrogens with two attached hydrogens (primary N) is 1. The maximum atomic E-state index is 12.8. The van der Waals surface area contributed by atoms with Gasteiger partial charge >= 0.3 is 6.18 Å². The molecule has 120 valence electrons. The van der Waals surface area contributed by atoms with E-state index in [1.807, 2.05) is 0 Å². The Bertz CT molecular complexity index is 478. The molecule has 0 spiro atoms. The van der Waals surface area contributed by atoms with E-state index < -0.39 is 23.9 Å². The van der Waals surface area contributed by atoms with Crippen LogP contribution in [0.5, 0.6) is 0 Å². The second-order valence-electron chi connectivity index (χ2n) is 5.33. The monoisotopic (exact) mass is 387 g/mol. The van der Waals surface area contributed by atoms with E-state index in [0.29, 0.717) is 10.0 Å². The van der Waals surface area contributed by atoms with Gasteiger partial charge in [0, 0.05) is 4.47 Å². The van der Waals surface area contributed by atoms with Crippen LogP contribution in [-0.4, -0.2) is 11.2 Å². The zero-order chi connectivity index (χ0) is 14.9. The Labute approximate surface area is 136 Å². The molecule has 0 heterocycles. The molecule has 7 heteroatoms. The van der Waals surface area contributed by atoms with Crippen molar-refractivity contribution in [1.82, 2.24) is 0 Å². The Balaban J connectivity index is 0.00000220. The summed E-state index contributed by atoms with van der Waals surface area (Å²) >= 11 is 3.07. The van der Waals surface area contributed by atoms with Crippen LogP contribution in [0.3, 0.4) is 0 Å². The first-order valence-corrected chi connectivity index (χ1v) is 7.39. The van der Waals surface area contributed by atoms with Crippen LogP contribution in [0.15, 0.2) is 22.7 Å². The van der Waals surface area contributed by atoms with Crippen molar-refractivity contribution in [3.05, 3.63) is 33.8 Å². The van der Waals surface area contributed by atoms with E-state index in [0.717, 1.165) is 37.8 Å². The van der Waals surface area contributed by atoms with Gasteiger partial charge in [0.1, 0.15) is 0 Å². The molecule has 1 aliphatic rings. The minimum absolute atomic E-state index is 0. The Morgan fingerprint density at radius 1 is 1.19 bits per heavy atom. The topological polar surface area (TPSA) is 46.2 Å². The molecule has 3 N–H and O–H groups in total. The lowest BCUT2D eigenvalue weighted by Gasteiger charge is -2.25. The van der Waals surface area contributed by atoms with E-state index in [4.69, 9.17) is 5.73 Å². The molecule has 1 aromatic carbocycles. The first-order valence-electron chi connectivity index (χ1n) is 6.60. The van der Waals surface area contributed by atoms with E-state index in [1.165, 1.54) is 6.07 Å². The van der Waals surface area contributed by atoms with Crippen molar-refractivity contribution in [1.29, 1.82) is 0 Å². The van der Waals surface area contributed by atoms with Crippen molar-refractivity contribution in [2.24, 2.45) is 11.7 Å². The summed E-state index contributed by atoms with van der Waals surface area (Å²) in [6, 6.07) is 2.78. The molecule has 2 nitrogen and oxygen atoms in total. The molecule has 1 aliphatic carbocycles. The predicted octanol–water partition coefficient (Wildman–Crippen LogP) is 4.44. The van der Waals surface area contributed by atoms with E-state index >= 15 is 0 Å². The number of hydrogen-bond acceptors (Lipinski definition) is 2. The van der Waals surface area contributed by atoms with Crippen LogP contribution >= 0.6 is 28.3 Å². The van der Waals surface area contributed by atoms with Crippen molar-refractivity contribution in [3.63, 3.8) is 0 Å². The van der Waals surface area contributed by atoms with Crippen molar-refractivity contribution < 1.29 is 18.3 Å². The second kappa shape index (κ2) is 7.31. The molecule has 0 amide bonds. The second-order valence-corrected chi connectivity index (χ2v) is 6.25. The van der Waals surface area contributed by atoms with E-state index in [2.05, 4.69) is 15.9 Å². The molecular weight excluding hydrogens is 371 g/mol. The van der Waals surface area contributed by atoms with Gasteiger partial charge in [-0.2, -0.15) is 13.2 Å². The highest BCUT2D eigenvalue weighted by molar-refractivity contribution is 9.10. The van der Waals surface area contributed by atoms with Crippen LogP contribution in [0.2, 0.25) is 0 Å². The molecular formula is C14H18BrClF3NO. The molecule has 1 fully saturated rings. The van der Waals surface area contributed by atoms with E-state index in [9.17, 15) is 18.3 Å². The highest BCUT2D eigenvalue weighted by Crippen LogP contribution is 2.36. The first-order chi connectivity index (χ1) is 9.29. The third-order valence-corrected chi connectivity index (χ3v) is 4.34. The summed E-state index contributed by atoms with van der Waals surface area (Å²) in [4.78, 5) is 0. The zero-order valence-corrected chi connectivity index (χ0v) is 13.6. The summed E-state index contributed by atoms with van der Waals surface area (Å²) in [5.74, 6) is 0.0818. The molecule has 2 atom stereocenters. The average molecular weight is 389 g/mol. The average Bonchev–Trinajstić information content (AvgIpc) is 2.89. The molecule has 1 saturated carbocycles. The molecule has 0 bridgehead atoms. The Morgan fingerprint density at radius 2 is 1.76 bits per heavy atom. The Kier molecular flexibility index (Phi) is 6.53. The highest BCUT2D eigenvalue weighted by atomic mass is 79.9. The summed E-state index contributed by atoms with van der Waals surface area (Å²) in [7, 11) is 0. The Morgan fingerprint density at radius 3 is 2.29 bits per heavy atom. The van der Waals surface area contributed by atoms with Crippen LogP contribution in [0.25, 0.3) is 0 Å². The van der Waals surface area contributed by atoms with Crippen LogP contribution in [0.1, 0.15) is 42.9 Å². The van der Waals surface area contributed by atoms with E-state index in [-0.39, 0.29) is 18.3 Å². The first kappa shape index (κ1) is 18.7. The van der Waals surface area contributed by atoms with Gasteiger partial charge in [-0.3, -0.25) is 0 Å². The maximum absolute atomic E-state index is 12.8. The highest BCUT2D eigenvalue weighted by Gasteiger charge is 2.33. The van der Waals surface area contributed by atoms with Gasteiger partial charge in [0.25, 0.3) is 0 Å². The fourth-order valence-electron chi connectivity index (χ4n) is 2.76. The SMILES string of the molecule is Cl.N[C@@H](c1cc(Br)cc(C(F)(F)F)c1)[C@H](O)C1CCCC1. The van der Waals surface area contributed by atoms with Crippen molar-refractivity contribution in [2.45, 2.75) is 44.0 Å². The fourth-order valence-corrected chi connectivity index (χ4v) is 3.27. The number of halogens is 5. The van der Waals surface area contributed by atoms with Gasteiger partial charge in [-0.25, -0.2) is 0 Å². The standard InChI is InChI=1S/C14H17BrF3NO.ClH/c15-11-6-9(5-10(7-11)14(16,17)18)12(19)13(20)8-3-1-2-4-8;/h5-8,12-13,20H,1-4,19H2;1H/t12-,13+;/m0./s1. The van der Waals surface area contributed by atoms with Crippen LogP contribution < -0.4 is 5.73 Å². The number of benzene rings is 1. The van der Waals surface area contributed by atoms with Crippen molar-refractivity contribution in [3.8, 4) is 0 Å². The van der Waals surface area contributed by atoms with Gasteiger partial charge in [-0.1, -0.05) is 28.8 Å². The number of alkyl halides is 3. The molecule has 0 aliphatic heterocycles. The summed E-state index contributed by atoms with van der Waals surface area (Å²) < 4.78 is 38.7. The molecule has 0 saturated heterocycles. The molecule has 2 rings (SSSR count). The molecule has 0 unspecified atom stereocenters. The van der Waals surface area contributed by atoms with E-state index in [1.54, 1.807) is 0 Å². The summed E-state index contributed by atoms with van der Waals surface area (Å²) in [5, 5.41) is 10.2. The van der Waals surface area contributed by atoms with Gasteiger partial charge in [0.15, 0.2) is 0 Å². The number of aliphatic hydroxyl groups is 1. The molecule has 1 aromatic rings. The Hall–Kier alpha value is -0.300. The molecule has 0 radical (unpaired) electrons. The third kappa shape index (κ3) is 4.58. The lowest BCUT2D eigenvalue weighted by molar-refractivity contribution is -0.137. The van der Waals surface area contributed by atoms with Gasteiger partial charge in [-0.15, -0.1) is 12.4 Å². The summed E-state index contributed by atoms with van der Waals surface area (Å²) in [5.41, 5.74) is 5.52. The van der Waals surface area contributed by atoms with Gasteiger partial charge in [0.2, 0.25) is 0 Å². The van der Waals surface area contributed by atoms with Crippen LogP contribution in [0, 0.1) is 5.92 Å². The van der Waals surface area contributed by atoms with Crippen LogP contribution in [-0.2, 0) is 6.18 Å². The minimum Gasteiger partial charge on any atom is -0.391 e. The van der Waals surface area contributed by atoms with Gasteiger partial charge < -0.3 is 10.8 Å². The predicted molar refractivity (Wildman–Crippen MR) is 81.3 cm³/mol. The van der Waals surface area contributed by atoms with Crippen molar-refractivity contribution >= 4 is 28.3 Å². The van der Waals surface area contributed by atoms with Gasteiger partial charge in [0.05, 0.1) is 17.7 Å². The summed E-state index contributed by atoms with van der Waals surface area (Å²) in [6.45, 7) is 0. The largest absolute Gasteiger partial charge is 0.416 e. The van der Waals surface area contributed by atoms with Crippen LogP contribution in [0.4, 0.5) is 13.2 Å². The van der Waals surface area contributed by atoms with Crippen molar-refractivity contribution in [2.75, 3.05) is 0 Å². The summed E-state index contributed by atoms with van der Waals surface area (Å²) in [6.07, 6.45) is -1.37. The third-order valence-electron chi connectivity index (χ3n) is 3.88. The fraction of sp³-hybridized carbons (Fsp3) is 0.571. The minimum atomic E-state index is -4.42. The maximum Gasteiger partial charge on any atom is 0.416 e. The zero-order valence-electron chi connectivity index (χ0n) is 11.2. The quantitative estimate of drug-likeness (QED) is 0.804.